The largest absolute Gasteiger partial charge is 0.416 e. The number of aromatic nitrogens is 2. The van der Waals surface area contributed by atoms with E-state index < -0.39 is 28.8 Å². The van der Waals surface area contributed by atoms with E-state index in [2.05, 4.69) is 4.98 Å². The topological polar surface area (TPSA) is 54.9 Å². The Morgan fingerprint density at radius 2 is 1.73 bits per heavy atom. The third-order valence-corrected chi connectivity index (χ3v) is 3.82. The fourth-order valence-corrected chi connectivity index (χ4v) is 2.56. The Balaban J connectivity index is 2.15. The fourth-order valence-electron chi connectivity index (χ4n) is 2.40. The van der Waals surface area contributed by atoms with E-state index in [0.717, 1.165) is 36.4 Å². The summed E-state index contributed by atoms with van der Waals surface area (Å²) in [5.74, 6) is -0.892. The average Bonchev–Trinajstić information content (AvgIpc) is 2.55. The minimum absolute atomic E-state index is 0.00208. The van der Waals surface area contributed by atoms with Crippen molar-refractivity contribution in [1.29, 1.82) is 0 Å². The van der Waals surface area contributed by atoms with Crippen LogP contribution in [0, 0.1) is 5.82 Å². The van der Waals surface area contributed by atoms with Crippen LogP contribution in [0.5, 0.6) is 0 Å². The van der Waals surface area contributed by atoms with Gasteiger partial charge < -0.3 is 4.98 Å². The van der Waals surface area contributed by atoms with E-state index in [0.29, 0.717) is 4.57 Å². The molecule has 1 heterocycles. The molecule has 0 radical (unpaired) electrons. The molecular formula is C17H9ClF4N2O2. The lowest BCUT2D eigenvalue weighted by Gasteiger charge is -2.10. The Morgan fingerprint density at radius 3 is 2.35 bits per heavy atom. The van der Waals surface area contributed by atoms with Crippen molar-refractivity contribution in [1.82, 2.24) is 9.55 Å². The van der Waals surface area contributed by atoms with Gasteiger partial charge in [0.05, 0.1) is 16.9 Å². The molecule has 1 N–H and O–H groups in total. The van der Waals surface area contributed by atoms with Gasteiger partial charge in [-0.1, -0.05) is 23.7 Å². The van der Waals surface area contributed by atoms with Crippen molar-refractivity contribution in [2.24, 2.45) is 0 Å². The van der Waals surface area contributed by atoms with Gasteiger partial charge in [0.15, 0.2) is 0 Å². The maximum absolute atomic E-state index is 14.0. The highest BCUT2D eigenvalue weighted by Crippen LogP contribution is 2.31. The highest BCUT2D eigenvalue weighted by Gasteiger charge is 2.30. The zero-order valence-electron chi connectivity index (χ0n) is 12.8. The lowest BCUT2D eigenvalue weighted by Crippen LogP contribution is -2.34. The van der Waals surface area contributed by atoms with Crippen molar-refractivity contribution in [3.8, 4) is 16.9 Å². The van der Waals surface area contributed by atoms with E-state index in [1.165, 1.54) is 12.1 Å². The van der Waals surface area contributed by atoms with Crippen LogP contribution < -0.4 is 11.2 Å². The molecule has 0 saturated heterocycles. The number of nitrogens with zero attached hydrogens (tertiary/aromatic N) is 1. The SMILES string of the molecule is O=c1cc(-c2cccc(C(F)(F)F)c2)[nH]c(=O)n1-c1ccc(Cl)cc1F. The number of halogens is 5. The Bertz CT molecular complexity index is 1070. The van der Waals surface area contributed by atoms with E-state index in [-0.39, 0.29) is 22.0 Å². The van der Waals surface area contributed by atoms with Crippen LogP contribution in [0.25, 0.3) is 16.9 Å². The molecule has 0 saturated carbocycles. The van der Waals surface area contributed by atoms with Crippen LogP contribution in [0.2, 0.25) is 5.02 Å². The molecular weight excluding hydrogens is 376 g/mol. The summed E-state index contributed by atoms with van der Waals surface area (Å²) in [6.07, 6.45) is -4.57. The third-order valence-electron chi connectivity index (χ3n) is 3.58. The summed E-state index contributed by atoms with van der Waals surface area (Å²) in [6, 6.07) is 8.44. The minimum atomic E-state index is -4.57. The summed E-state index contributed by atoms with van der Waals surface area (Å²) < 4.78 is 53.0. The number of hydrogen-bond acceptors (Lipinski definition) is 2. The molecule has 3 aromatic rings. The molecule has 3 rings (SSSR count). The van der Waals surface area contributed by atoms with Gasteiger partial charge in [0.1, 0.15) is 5.82 Å². The molecule has 0 fully saturated rings. The highest BCUT2D eigenvalue weighted by atomic mass is 35.5. The standard InChI is InChI=1S/C17H9ClF4N2O2/c18-11-4-5-14(12(19)7-11)24-15(25)8-13(23-16(24)26)9-2-1-3-10(6-9)17(20,21)22/h1-8H,(H,23,26). The van der Waals surface area contributed by atoms with Crippen LogP contribution in [0.4, 0.5) is 17.6 Å². The van der Waals surface area contributed by atoms with Gasteiger partial charge >= 0.3 is 11.9 Å². The lowest BCUT2D eigenvalue weighted by molar-refractivity contribution is -0.137. The monoisotopic (exact) mass is 384 g/mol. The first-order chi connectivity index (χ1) is 12.2. The van der Waals surface area contributed by atoms with Crippen molar-refractivity contribution < 1.29 is 17.6 Å². The summed E-state index contributed by atoms with van der Waals surface area (Å²) in [6.45, 7) is 0. The number of nitrogens with one attached hydrogen (secondary N) is 1. The Morgan fingerprint density at radius 1 is 1.00 bits per heavy atom. The molecule has 0 aliphatic carbocycles. The summed E-state index contributed by atoms with van der Waals surface area (Å²) in [7, 11) is 0. The van der Waals surface area contributed by atoms with Crippen molar-refractivity contribution >= 4 is 11.6 Å². The number of rotatable bonds is 2. The smallest absolute Gasteiger partial charge is 0.306 e. The molecule has 0 aliphatic heterocycles. The first-order valence-electron chi connectivity index (χ1n) is 7.16. The molecule has 0 aliphatic rings. The second-order valence-electron chi connectivity index (χ2n) is 5.34. The second kappa shape index (κ2) is 6.45. The van der Waals surface area contributed by atoms with E-state index >= 15 is 0 Å². The van der Waals surface area contributed by atoms with Crippen LogP contribution in [0.3, 0.4) is 0 Å². The van der Waals surface area contributed by atoms with E-state index in [1.54, 1.807) is 0 Å². The van der Waals surface area contributed by atoms with Gasteiger partial charge in [-0.05, 0) is 35.9 Å². The number of benzene rings is 2. The number of aromatic amines is 1. The van der Waals surface area contributed by atoms with Gasteiger partial charge in [-0.25, -0.2) is 13.8 Å². The van der Waals surface area contributed by atoms with Crippen LogP contribution in [-0.4, -0.2) is 9.55 Å². The highest BCUT2D eigenvalue weighted by molar-refractivity contribution is 6.30. The summed E-state index contributed by atoms with van der Waals surface area (Å²) in [5, 5.41) is 0.0799. The zero-order chi connectivity index (χ0) is 19.1. The van der Waals surface area contributed by atoms with Crippen LogP contribution >= 0.6 is 11.6 Å². The number of H-pyrrole nitrogens is 1. The first kappa shape index (κ1) is 17.9. The molecule has 0 atom stereocenters. The van der Waals surface area contributed by atoms with Crippen LogP contribution in [0.15, 0.2) is 58.1 Å². The summed E-state index contributed by atoms with van der Waals surface area (Å²) in [5.41, 5.74) is -3.26. The molecule has 134 valence electrons. The molecule has 9 heteroatoms. The molecule has 4 nitrogen and oxygen atoms in total. The Hall–Kier alpha value is -2.87. The van der Waals surface area contributed by atoms with Crippen molar-refractivity contribution in [3.63, 3.8) is 0 Å². The predicted octanol–water partition coefficient (Wildman–Crippen LogP) is 4.00. The number of alkyl halides is 3. The van der Waals surface area contributed by atoms with E-state index in [4.69, 9.17) is 11.6 Å². The molecule has 0 unspecified atom stereocenters. The fraction of sp³-hybridized carbons (Fsp3) is 0.0588. The third kappa shape index (κ3) is 3.41. The van der Waals surface area contributed by atoms with Crippen molar-refractivity contribution in [2.75, 3.05) is 0 Å². The average molecular weight is 385 g/mol. The van der Waals surface area contributed by atoms with Gasteiger partial charge in [-0.2, -0.15) is 13.2 Å². The van der Waals surface area contributed by atoms with Gasteiger partial charge in [0.25, 0.3) is 5.56 Å². The lowest BCUT2D eigenvalue weighted by atomic mass is 10.1. The van der Waals surface area contributed by atoms with E-state index in [9.17, 15) is 27.2 Å². The predicted molar refractivity (Wildman–Crippen MR) is 88.1 cm³/mol. The van der Waals surface area contributed by atoms with Gasteiger partial charge in [-0.3, -0.25) is 4.79 Å². The molecule has 0 bridgehead atoms. The van der Waals surface area contributed by atoms with Crippen LogP contribution in [-0.2, 0) is 6.18 Å². The first-order valence-corrected chi connectivity index (χ1v) is 7.54. The minimum Gasteiger partial charge on any atom is -0.306 e. The Labute approximate surface area is 148 Å². The maximum atomic E-state index is 14.0. The molecule has 2 aromatic carbocycles. The normalized spacial score (nSPS) is 11.6. The quantitative estimate of drug-likeness (QED) is 0.679. The molecule has 1 aromatic heterocycles. The molecule has 0 spiro atoms. The van der Waals surface area contributed by atoms with Gasteiger partial charge in [0.2, 0.25) is 0 Å². The van der Waals surface area contributed by atoms with Crippen molar-refractivity contribution in [2.45, 2.75) is 6.18 Å². The maximum Gasteiger partial charge on any atom is 0.416 e. The van der Waals surface area contributed by atoms with Crippen molar-refractivity contribution in [3.05, 3.63) is 85.8 Å². The Kier molecular flexibility index (Phi) is 4.45. The number of hydrogen-bond donors (Lipinski definition) is 1. The summed E-state index contributed by atoms with van der Waals surface area (Å²) >= 11 is 5.64. The van der Waals surface area contributed by atoms with Crippen LogP contribution in [0.1, 0.15) is 5.56 Å². The molecule has 26 heavy (non-hydrogen) atoms. The zero-order valence-corrected chi connectivity index (χ0v) is 13.5. The van der Waals surface area contributed by atoms with Gasteiger partial charge in [0, 0.05) is 11.1 Å². The van der Waals surface area contributed by atoms with E-state index in [1.807, 2.05) is 0 Å². The second-order valence-corrected chi connectivity index (χ2v) is 5.77. The summed E-state index contributed by atoms with van der Waals surface area (Å²) in [4.78, 5) is 26.8. The van der Waals surface area contributed by atoms with Gasteiger partial charge in [-0.15, -0.1) is 0 Å². The molecule has 0 amide bonds.